The number of allylic oxidation sites excluding steroid dienone is 18. The molecule has 6 nitrogen and oxygen atoms in total. The van der Waals surface area contributed by atoms with Gasteiger partial charge in [-0.3, -0.25) is 14.4 Å². The molecule has 6 heteroatoms. The van der Waals surface area contributed by atoms with Crippen LogP contribution in [0.25, 0.3) is 0 Å². The molecule has 1 unspecified atom stereocenters. The van der Waals surface area contributed by atoms with Gasteiger partial charge in [0.1, 0.15) is 13.2 Å². The number of carbonyl (C=O) groups excluding carboxylic acids is 3. The molecule has 0 spiro atoms. The molecule has 0 aromatic rings. The summed E-state index contributed by atoms with van der Waals surface area (Å²) in [4.78, 5) is 38.0. The lowest BCUT2D eigenvalue weighted by atomic mass is 10.1. The van der Waals surface area contributed by atoms with Gasteiger partial charge < -0.3 is 14.2 Å². The third-order valence-electron chi connectivity index (χ3n) is 10.8. The average molecular weight is 901 g/mol. The lowest BCUT2D eigenvalue weighted by molar-refractivity contribution is -0.167. The maximum absolute atomic E-state index is 12.8. The fourth-order valence-corrected chi connectivity index (χ4v) is 6.87. The van der Waals surface area contributed by atoms with Crippen LogP contribution in [0.15, 0.2) is 109 Å². The van der Waals surface area contributed by atoms with Crippen LogP contribution in [0, 0.1) is 0 Å². The second kappa shape index (κ2) is 52.7. The van der Waals surface area contributed by atoms with E-state index in [1.54, 1.807) is 0 Å². The van der Waals surface area contributed by atoms with E-state index in [2.05, 4.69) is 130 Å². The molecule has 1 atom stereocenters. The Bertz CT molecular complexity index is 1360. The van der Waals surface area contributed by atoms with Crippen LogP contribution in [0.4, 0.5) is 0 Å². The topological polar surface area (TPSA) is 78.9 Å². The lowest BCUT2D eigenvalue weighted by Crippen LogP contribution is -2.30. The predicted molar refractivity (Wildman–Crippen MR) is 279 cm³/mol. The number of unbranched alkanes of at least 4 members (excludes halogenated alkanes) is 17. The molecule has 0 saturated carbocycles. The minimum absolute atomic E-state index is 0.101. The van der Waals surface area contributed by atoms with Crippen LogP contribution in [0.1, 0.15) is 226 Å². The van der Waals surface area contributed by atoms with Crippen LogP contribution in [0.5, 0.6) is 0 Å². The SMILES string of the molecule is CC/C=C\C/C=C\C/C=C\C/C=C\C/C=C\CCCCCCCC(=O)OCC(COC(=O)CCCCCCCCCCCCC)OC(=O)CCCC/C=C\C/C=C\C/C=C\C/C=C\CC. The maximum atomic E-state index is 12.8. The van der Waals surface area contributed by atoms with E-state index >= 15 is 0 Å². The molecule has 0 amide bonds. The molecule has 0 saturated heterocycles. The molecule has 368 valence electrons. The first-order valence-electron chi connectivity index (χ1n) is 26.4. The quantitative estimate of drug-likeness (QED) is 0.0262. The van der Waals surface area contributed by atoms with E-state index in [0.717, 1.165) is 128 Å². The summed E-state index contributed by atoms with van der Waals surface area (Å²) in [5, 5.41) is 0. The Morgan fingerprint density at radius 3 is 0.969 bits per heavy atom. The molecule has 0 aliphatic carbocycles. The molecule has 0 heterocycles. The Morgan fingerprint density at radius 2 is 0.600 bits per heavy atom. The fourth-order valence-electron chi connectivity index (χ4n) is 6.87. The summed E-state index contributed by atoms with van der Waals surface area (Å²) in [5.41, 5.74) is 0. The zero-order valence-corrected chi connectivity index (χ0v) is 42.0. The Kier molecular flexibility index (Phi) is 49.5. The van der Waals surface area contributed by atoms with Crippen molar-refractivity contribution in [3.05, 3.63) is 109 Å². The molecule has 0 aromatic carbocycles. The first kappa shape index (κ1) is 61.1. The monoisotopic (exact) mass is 901 g/mol. The smallest absolute Gasteiger partial charge is 0.306 e. The standard InChI is InChI=1S/C59H96O6/c1-4-7-10-13-16-19-22-24-26-27-28-29-30-31-33-34-37-40-43-46-49-52-58(61)64-55-56(54-63-57(60)51-48-45-42-39-36-21-18-15-12-9-6-3)65-59(62)53-50-47-44-41-38-35-32-25-23-20-17-14-11-8-5-2/h7-8,10-11,16-17,19-20,24-26,28-29,31-33,38,41,56H,4-6,9,12-15,18,21-23,27,30,34-37,39-40,42-55H2,1-3H3/b10-7-,11-8-,19-16-,20-17-,26-24-,29-28-,32-25-,33-31-,41-38-. The molecule has 0 bridgehead atoms. The van der Waals surface area contributed by atoms with Crippen molar-refractivity contribution in [1.29, 1.82) is 0 Å². The minimum atomic E-state index is -0.807. The summed E-state index contributed by atoms with van der Waals surface area (Å²) in [6.07, 6.45) is 70.7. The summed E-state index contributed by atoms with van der Waals surface area (Å²) in [5.74, 6) is -0.968. The molecular weight excluding hydrogens is 805 g/mol. The van der Waals surface area contributed by atoms with Crippen molar-refractivity contribution in [3.8, 4) is 0 Å². The first-order chi connectivity index (χ1) is 32.0. The van der Waals surface area contributed by atoms with E-state index in [0.29, 0.717) is 19.3 Å². The van der Waals surface area contributed by atoms with Gasteiger partial charge in [0.2, 0.25) is 0 Å². The predicted octanol–water partition coefficient (Wildman–Crippen LogP) is 17.5. The molecule has 0 rings (SSSR count). The number of hydrogen-bond donors (Lipinski definition) is 0. The lowest BCUT2D eigenvalue weighted by Gasteiger charge is -2.18. The zero-order valence-electron chi connectivity index (χ0n) is 42.0. The van der Waals surface area contributed by atoms with Crippen molar-refractivity contribution < 1.29 is 28.6 Å². The van der Waals surface area contributed by atoms with Crippen LogP contribution >= 0.6 is 0 Å². The van der Waals surface area contributed by atoms with Gasteiger partial charge in [-0.2, -0.15) is 0 Å². The summed E-state index contributed by atoms with van der Waals surface area (Å²) < 4.78 is 16.7. The molecule has 0 N–H and O–H groups in total. The van der Waals surface area contributed by atoms with Gasteiger partial charge in [-0.15, -0.1) is 0 Å². The fraction of sp³-hybridized carbons (Fsp3) is 0.644. The van der Waals surface area contributed by atoms with E-state index in [9.17, 15) is 14.4 Å². The third kappa shape index (κ3) is 50.9. The molecule has 0 aliphatic rings. The largest absolute Gasteiger partial charge is 0.462 e. The Hall–Kier alpha value is -3.93. The van der Waals surface area contributed by atoms with Gasteiger partial charge in [0, 0.05) is 19.3 Å². The van der Waals surface area contributed by atoms with Gasteiger partial charge in [0.05, 0.1) is 0 Å². The highest BCUT2D eigenvalue weighted by Crippen LogP contribution is 2.14. The number of rotatable bonds is 46. The Labute approximate surface area is 400 Å². The van der Waals surface area contributed by atoms with E-state index in [1.165, 1.54) is 51.4 Å². The molecule has 65 heavy (non-hydrogen) atoms. The van der Waals surface area contributed by atoms with Crippen molar-refractivity contribution in [2.45, 2.75) is 232 Å². The van der Waals surface area contributed by atoms with Crippen LogP contribution in [-0.2, 0) is 28.6 Å². The number of hydrogen-bond acceptors (Lipinski definition) is 6. The average Bonchev–Trinajstić information content (AvgIpc) is 3.30. The molecule has 0 fully saturated rings. The van der Waals surface area contributed by atoms with Crippen LogP contribution in [0.2, 0.25) is 0 Å². The van der Waals surface area contributed by atoms with Gasteiger partial charge in [-0.25, -0.2) is 0 Å². The van der Waals surface area contributed by atoms with Gasteiger partial charge >= 0.3 is 17.9 Å². The summed E-state index contributed by atoms with van der Waals surface area (Å²) in [6, 6.07) is 0. The van der Waals surface area contributed by atoms with Crippen molar-refractivity contribution in [2.75, 3.05) is 13.2 Å². The highest BCUT2D eigenvalue weighted by atomic mass is 16.6. The molecule has 0 aromatic heterocycles. The Morgan fingerprint density at radius 1 is 0.323 bits per heavy atom. The summed E-state index contributed by atoms with van der Waals surface area (Å²) >= 11 is 0. The van der Waals surface area contributed by atoms with Gasteiger partial charge in [-0.1, -0.05) is 214 Å². The first-order valence-corrected chi connectivity index (χ1v) is 26.4. The van der Waals surface area contributed by atoms with Crippen molar-refractivity contribution in [3.63, 3.8) is 0 Å². The second-order valence-corrected chi connectivity index (χ2v) is 17.0. The van der Waals surface area contributed by atoms with E-state index in [-0.39, 0.29) is 37.5 Å². The summed E-state index contributed by atoms with van der Waals surface area (Å²) in [7, 11) is 0. The molecule has 0 radical (unpaired) electrons. The van der Waals surface area contributed by atoms with E-state index in [1.807, 2.05) is 0 Å². The normalized spacial score (nSPS) is 13.0. The van der Waals surface area contributed by atoms with Crippen LogP contribution < -0.4 is 0 Å². The number of esters is 3. The minimum Gasteiger partial charge on any atom is -0.462 e. The second-order valence-electron chi connectivity index (χ2n) is 17.0. The van der Waals surface area contributed by atoms with Crippen molar-refractivity contribution in [2.24, 2.45) is 0 Å². The van der Waals surface area contributed by atoms with Crippen LogP contribution in [-0.4, -0.2) is 37.2 Å². The zero-order chi connectivity index (χ0) is 47.2. The van der Waals surface area contributed by atoms with E-state index in [4.69, 9.17) is 14.2 Å². The van der Waals surface area contributed by atoms with Gasteiger partial charge in [0.25, 0.3) is 0 Å². The summed E-state index contributed by atoms with van der Waals surface area (Å²) in [6.45, 7) is 6.34. The number of carbonyl (C=O) groups is 3. The molecular formula is C59H96O6. The van der Waals surface area contributed by atoms with Crippen molar-refractivity contribution >= 4 is 17.9 Å². The molecule has 0 aliphatic heterocycles. The van der Waals surface area contributed by atoms with Gasteiger partial charge in [0.15, 0.2) is 6.10 Å². The highest BCUT2D eigenvalue weighted by Gasteiger charge is 2.19. The Balaban J connectivity index is 4.45. The van der Waals surface area contributed by atoms with Crippen molar-refractivity contribution in [1.82, 2.24) is 0 Å². The number of ether oxygens (including phenoxy) is 3. The third-order valence-corrected chi connectivity index (χ3v) is 10.8. The van der Waals surface area contributed by atoms with Crippen LogP contribution in [0.3, 0.4) is 0 Å². The van der Waals surface area contributed by atoms with Gasteiger partial charge in [-0.05, 0) is 103 Å². The maximum Gasteiger partial charge on any atom is 0.306 e. The van der Waals surface area contributed by atoms with E-state index < -0.39 is 6.10 Å². The highest BCUT2D eigenvalue weighted by molar-refractivity contribution is 5.71.